The van der Waals surface area contributed by atoms with Crippen LogP contribution in [-0.4, -0.2) is 42.1 Å². The molecule has 2 N–H and O–H groups in total. The quantitative estimate of drug-likeness (QED) is 0.875. The first-order valence-corrected chi connectivity index (χ1v) is 7.16. The lowest BCUT2D eigenvalue weighted by Gasteiger charge is -2.20. The van der Waals surface area contributed by atoms with Crippen LogP contribution in [-0.2, 0) is 0 Å². The zero-order valence-electron chi connectivity index (χ0n) is 12.0. The average Bonchev–Trinajstić information content (AvgIpc) is 2.88. The van der Waals surface area contributed by atoms with Gasteiger partial charge in [-0.1, -0.05) is 6.92 Å². The Bertz CT molecular complexity index is 493. The van der Waals surface area contributed by atoms with E-state index in [1.165, 1.54) is 12.8 Å². The van der Waals surface area contributed by atoms with Gasteiger partial charge >= 0.3 is 0 Å². The number of nitrogens with zero attached hydrogens (tertiary/aromatic N) is 1. The van der Waals surface area contributed by atoms with E-state index in [1.54, 1.807) is 0 Å². The third-order valence-corrected chi connectivity index (χ3v) is 3.64. The van der Waals surface area contributed by atoms with Crippen LogP contribution < -0.4 is 5.32 Å². The number of carbonyl (C=O) groups excluding carboxylic acids is 1. The van der Waals surface area contributed by atoms with Gasteiger partial charge in [-0.15, -0.1) is 0 Å². The summed E-state index contributed by atoms with van der Waals surface area (Å²) >= 11 is 0. The van der Waals surface area contributed by atoms with Gasteiger partial charge in [0.2, 0.25) is 0 Å². The van der Waals surface area contributed by atoms with E-state index in [0.717, 1.165) is 25.7 Å². The van der Waals surface area contributed by atoms with Crippen LogP contribution in [0.15, 0.2) is 12.1 Å². The van der Waals surface area contributed by atoms with Crippen LogP contribution in [0.4, 0.5) is 8.78 Å². The van der Waals surface area contributed by atoms with Crippen molar-refractivity contribution < 1.29 is 18.7 Å². The van der Waals surface area contributed by atoms with E-state index in [9.17, 15) is 18.7 Å². The van der Waals surface area contributed by atoms with E-state index in [-0.39, 0.29) is 5.92 Å². The summed E-state index contributed by atoms with van der Waals surface area (Å²) in [6.45, 7) is 5.40. The van der Waals surface area contributed by atoms with Crippen molar-refractivity contribution in [2.24, 2.45) is 5.92 Å². The fourth-order valence-electron chi connectivity index (χ4n) is 2.61. The standard InChI is InChI=1S/C15H20F2N2O2/c1-10(9-19-4-2-3-5-19)8-18-15(21)14-12(17)6-11(16)7-13(14)20/h6-7,10,20H,2-5,8-9H2,1H3,(H,18,21). The van der Waals surface area contributed by atoms with Crippen LogP contribution in [0, 0.1) is 17.6 Å². The summed E-state index contributed by atoms with van der Waals surface area (Å²) in [6.07, 6.45) is 2.40. The molecule has 2 rings (SSSR count). The lowest BCUT2D eigenvalue weighted by molar-refractivity contribution is 0.0938. The molecule has 1 aromatic rings. The number of hydrogen-bond donors (Lipinski definition) is 2. The molecule has 1 aliphatic rings. The van der Waals surface area contributed by atoms with Crippen LogP contribution >= 0.6 is 0 Å². The molecule has 1 heterocycles. The highest BCUT2D eigenvalue weighted by atomic mass is 19.1. The Hall–Kier alpha value is -1.69. The summed E-state index contributed by atoms with van der Waals surface area (Å²) in [4.78, 5) is 14.2. The van der Waals surface area contributed by atoms with Gasteiger partial charge in [0.25, 0.3) is 5.91 Å². The Balaban J connectivity index is 1.89. The Kier molecular flexibility index (Phi) is 5.12. The third-order valence-electron chi connectivity index (χ3n) is 3.64. The maximum Gasteiger partial charge on any atom is 0.258 e. The minimum absolute atomic E-state index is 0.220. The summed E-state index contributed by atoms with van der Waals surface area (Å²) in [5.74, 6) is -3.16. The van der Waals surface area contributed by atoms with Gasteiger partial charge in [0.1, 0.15) is 22.9 Å². The molecule has 1 unspecified atom stereocenters. The predicted octanol–water partition coefficient (Wildman–Crippen LogP) is 2.13. The SMILES string of the molecule is CC(CNC(=O)c1c(O)cc(F)cc1F)CN1CCCC1. The molecule has 0 saturated carbocycles. The highest BCUT2D eigenvalue weighted by Crippen LogP contribution is 2.21. The second-order valence-corrected chi connectivity index (χ2v) is 5.60. The zero-order valence-corrected chi connectivity index (χ0v) is 12.0. The lowest BCUT2D eigenvalue weighted by atomic mass is 10.1. The number of phenolic OH excluding ortho intramolecular Hbond substituents is 1. The van der Waals surface area contributed by atoms with Crippen molar-refractivity contribution in [1.29, 1.82) is 0 Å². The maximum atomic E-state index is 13.5. The topological polar surface area (TPSA) is 52.6 Å². The summed E-state index contributed by atoms with van der Waals surface area (Å²) < 4.78 is 26.4. The number of halogens is 2. The van der Waals surface area contributed by atoms with Crippen LogP contribution in [0.3, 0.4) is 0 Å². The monoisotopic (exact) mass is 298 g/mol. The predicted molar refractivity (Wildman–Crippen MR) is 75.2 cm³/mol. The number of carbonyl (C=O) groups is 1. The molecule has 0 spiro atoms. The molecule has 6 heteroatoms. The molecule has 1 fully saturated rings. The average molecular weight is 298 g/mol. The van der Waals surface area contributed by atoms with E-state index in [0.29, 0.717) is 12.6 Å². The highest BCUT2D eigenvalue weighted by molar-refractivity contribution is 5.97. The minimum atomic E-state index is -1.06. The number of rotatable bonds is 5. The summed E-state index contributed by atoms with van der Waals surface area (Å²) in [5, 5.41) is 12.1. The third kappa shape index (κ3) is 4.14. The summed E-state index contributed by atoms with van der Waals surface area (Å²) in [7, 11) is 0. The van der Waals surface area contributed by atoms with Gasteiger partial charge in [-0.25, -0.2) is 8.78 Å². The number of nitrogens with one attached hydrogen (secondary N) is 1. The van der Waals surface area contributed by atoms with Crippen molar-refractivity contribution in [3.63, 3.8) is 0 Å². The Morgan fingerprint density at radius 1 is 1.38 bits per heavy atom. The number of aromatic hydroxyl groups is 1. The van der Waals surface area contributed by atoms with Crippen LogP contribution in [0.25, 0.3) is 0 Å². The van der Waals surface area contributed by atoms with Gasteiger partial charge in [-0.05, 0) is 31.8 Å². The first-order valence-electron chi connectivity index (χ1n) is 7.16. The summed E-state index contributed by atoms with van der Waals surface area (Å²) in [6, 6.07) is 1.31. The molecule has 4 nitrogen and oxygen atoms in total. The molecule has 21 heavy (non-hydrogen) atoms. The van der Waals surface area contributed by atoms with Gasteiger partial charge < -0.3 is 15.3 Å². The number of hydrogen-bond acceptors (Lipinski definition) is 3. The van der Waals surface area contributed by atoms with Gasteiger partial charge in [-0.3, -0.25) is 4.79 Å². The molecule has 1 saturated heterocycles. The molecule has 0 bridgehead atoms. The summed E-state index contributed by atoms with van der Waals surface area (Å²) in [5.41, 5.74) is -0.509. The van der Waals surface area contributed by atoms with Gasteiger partial charge in [0.05, 0.1) is 0 Å². The van der Waals surface area contributed by atoms with Crippen molar-refractivity contribution in [3.8, 4) is 5.75 Å². The Labute approximate surface area is 122 Å². The van der Waals surface area contributed by atoms with Crippen molar-refractivity contribution >= 4 is 5.91 Å². The second-order valence-electron chi connectivity index (χ2n) is 5.60. The molecule has 116 valence electrons. The van der Waals surface area contributed by atoms with E-state index in [1.807, 2.05) is 6.92 Å². The molecular weight excluding hydrogens is 278 g/mol. The number of benzene rings is 1. The molecule has 1 amide bonds. The van der Waals surface area contributed by atoms with Crippen LogP contribution in [0.2, 0.25) is 0 Å². The fourth-order valence-corrected chi connectivity index (χ4v) is 2.61. The van der Waals surface area contributed by atoms with Crippen molar-refractivity contribution in [1.82, 2.24) is 10.2 Å². The highest BCUT2D eigenvalue weighted by Gasteiger charge is 2.20. The Morgan fingerprint density at radius 3 is 2.67 bits per heavy atom. The Morgan fingerprint density at radius 2 is 2.05 bits per heavy atom. The molecule has 0 aliphatic carbocycles. The first-order chi connectivity index (χ1) is 9.97. The zero-order chi connectivity index (χ0) is 15.4. The van der Waals surface area contributed by atoms with E-state index in [4.69, 9.17) is 0 Å². The molecule has 1 aliphatic heterocycles. The smallest absolute Gasteiger partial charge is 0.258 e. The molecule has 1 aromatic carbocycles. The largest absolute Gasteiger partial charge is 0.507 e. The van der Waals surface area contributed by atoms with Crippen LogP contribution in [0.5, 0.6) is 5.75 Å². The molecular formula is C15H20F2N2O2. The first kappa shape index (κ1) is 15.7. The van der Waals surface area contributed by atoms with E-state index in [2.05, 4.69) is 10.2 Å². The van der Waals surface area contributed by atoms with Crippen LogP contribution in [0.1, 0.15) is 30.1 Å². The van der Waals surface area contributed by atoms with Gasteiger partial charge in [0, 0.05) is 25.2 Å². The lowest BCUT2D eigenvalue weighted by Crippen LogP contribution is -2.34. The molecule has 0 aromatic heterocycles. The normalized spacial score (nSPS) is 16.9. The minimum Gasteiger partial charge on any atom is -0.507 e. The second kappa shape index (κ2) is 6.85. The number of likely N-dealkylation sites (tertiary alicyclic amines) is 1. The van der Waals surface area contributed by atoms with Gasteiger partial charge in [0.15, 0.2) is 0 Å². The molecule has 1 atom stereocenters. The fraction of sp³-hybridized carbons (Fsp3) is 0.533. The van der Waals surface area contributed by atoms with Crippen molar-refractivity contribution in [2.45, 2.75) is 19.8 Å². The van der Waals surface area contributed by atoms with Gasteiger partial charge in [-0.2, -0.15) is 0 Å². The number of amides is 1. The van der Waals surface area contributed by atoms with Crippen molar-refractivity contribution in [3.05, 3.63) is 29.3 Å². The van der Waals surface area contributed by atoms with E-state index >= 15 is 0 Å². The number of phenols is 1. The van der Waals surface area contributed by atoms with Crippen molar-refractivity contribution in [2.75, 3.05) is 26.2 Å². The van der Waals surface area contributed by atoms with E-state index < -0.39 is 28.9 Å². The molecule has 0 radical (unpaired) electrons. The maximum absolute atomic E-state index is 13.5.